The van der Waals surface area contributed by atoms with Crippen LogP contribution in [0.3, 0.4) is 0 Å². The number of hydrogen-bond acceptors (Lipinski definition) is 5. The highest BCUT2D eigenvalue weighted by Gasteiger charge is 2.23. The van der Waals surface area contributed by atoms with Gasteiger partial charge in [-0.25, -0.2) is 19.1 Å². The van der Waals surface area contributed by atoms with Gasteiger partial charge in [0.15, 0.2) is 22.5 Å². The van der Waals surface area contributed by atoms with E-state index in [1.165, 1.54) is 0 Å². The lowest BCUT2D eigenvalue weighted by Crippen LogP contribution is -3.00. The second kappa shape index (κ2) is 9.18. The number of nitrogens with one attached hydrogen (secondary N) is 1. The first-order chi connectivity index (χ1) is 13.0. The zero-order valence-corrected chi connectivity index (χ0v) is 18.6. The highest BCUT2D eigenvalue weighted by atomic mass is 127. The number of hydrogen-bond donors (Lipinski definition) is 2. The maximum atomic E-state index is 12.6. The van der Waals surface area contributed by atoms with Crippen molar-refractivity contribution in [3.05, 3.63) is 41.6 Å². The lowest BCUT2D eigenvalue weighted by Gasteiger charge is -2.07. The molecular formula is C19H25IN6O2. The molecule has 0 radical (unpaired) electrons. The van der Waals surface area contributed by atoms with E-state index >= 15 is 0 Å². The standard InChI is InChI=1S/C19H24N6O2.HI/c1-5-12-10-21-18(20)17(23-12)19(26)22-11-16-24(3)14-8-7-13(27-4)9-15(14)25(16)6-2;/h7-10H,5-6,11H2,1-4H3,(H2-,20,21,22,26);1H. The van der Waals surface area contributed by atoms with Crippen LogP contribution < -0.4 is 44.3 Å². The van der Waals surface area contributed by atoms with Gasteiger partial charge < -0.3 is 39.8 Å². The SMILES string of the molecule is CCc1cnc(N)c(C(=O)NCc2n(CC)c3cc(OC)ccc3[n+]2C)n1.[I-]. The summed E-state index contributed by atoms with van der Waals surface area (Å²) in [5.74, 6) is 1.56. The third kappa shape index (κ3) is 4.03. The molecule has 8 nitrogen and oxygen atoms in total. The molecule has 0 saturated carbocycles. The van der Waals surface area contributed by atoms with Crippen molar-refractivity contribution in [1.29, 1.82) is 0 Å². The number of amides is 1. The summed E-state index contributed by atoms with van der Waals surface area (Å²) in [5.41, 5.74) is 8.85. The van der Waals surface area contributed by atoms with Gasteiger partial charge in [-0.3, -0.25) is 4.79 Å². The number of carbonyl (C=O) groups is 1. The Hall–Kier alpha value is -2.43. The maximum Gasteiger partial charge on any atom is 0.276 e. The lowest BCUT2D eigenvalue weighted by atomic mass is 10.3. The molecule has 0 bridgehead atoms. The number of imidazole rings is 1. The molecule has 1 amide bonds. The van der Waals surface area contributed by atoms with Crippen molar-refractivity contribution in [3.8, 4) is 5.75 Å². The average molecular weight is 496 g/mol. The molecule has 2 heterocycles. The third-order valence-electron chi connectivity index (χ3n) is 4.68. The summed E-state index contributed by atoms with van der Waals surface area (Å²) in [6.07, 6.45) is 2.28. The van der Waals surface area contributed by atoms with Crippen molar-refractivity contribution in [3.63, 3.8) is 0 Å². The molecule has 150 valence electrons. The molecule has 0 aliphatic rings. The van der Waals surface area contributed by atoms with Crippen LogP contribution in [0.5, 0.6) is 5.75 Å². The predicted molar refractivity (Wildman–Crippen MR) is 102 cm³/mol. The number of ether oxygens (including phenoxy) is 1. The number of nitrogen functional groups attached to an aromatic ring is 1. The van der Waals surface area contributed by atoms with Crippen LogP contribution in [-0.4, -0.2) is 27.6 Å². The Balaban J connectivity index is 0.00000280. The number of benzene rings is 1. The van der Waals surface area contributed by atoms with Crippen molar-refractivity contribution in [2.75, 3.05) is 12.8 Å². The Kier molecular flexibility index (Phi) is 7.17. The smallest absolute Gasteiger partial charge is 0.276 e. The van der Waals surface area contributed by atoms with Gasteiger partial charge in [-0.1, -0.05) is 6.92 Å². The Labute approximate surface area is 181 Å². The fraction of sp³-hybridized carbons (Fsp3) is 0.368. The van der Waals surface area contributed by atoms with Crippen LogP contribution in [0.25, 0.3) is 11.0 Å². The molecule has 3 N–H and O–H groups in total. The summed E-state index contributed by atoms with van der Waals surface area (Å²) in [6.45, 7) is 5.13. The summed E-state index contributed by atoms with van der Waals surface area (Å²) in [6, 6.07) is 5.94. The predicted octanol–water partition coefficient (Wildman–Crippen LogP) is -1.64. The van der Waals surface area contributed by atoms with Crippen molar-refractivity contribution < 1.29 is 38.1 Å². The van der Waals surface area contributed by atoms with E-state index in [1.807, 2.05) is 32.2 Å². The van der Waals surface area contributed by atoms with E-state index in [0.29, 0.717) is 13.0 Å². The second-order valence-corrected chi connectivity index (χ2v) is 6.21. The first-order valence-corrected chi connectivity index (χ1v) is 8.94. The van der Waals surface area contributed by atoms with E-state index in [2.05, 4.69) is 31.3 Å². The molecule has 28 heavy (non-hydrogen) atoms. The molecule has 0 aliphatic heterocycles. The summed E-state index contributed by atoms with van der Waals surface area (Å²) >= 11 is 0. The van der Waals surface area contributed by atoms with E-state index in [9.17, 15) is 4.79 Å². The van der Waals surface area contributed by atoms with Crippen molar-refractivity contribution in [2.45, 2.75) is 33.4 Å². The monoisotopic (exact) mass is 496 g/mol. The van der Waals surface area contributed by atoms with Gasteiger partial charge in [0.1, 0.15) is 12.3 Å². The molecule has 0 unspecified atom stereocenters. The lowest BCUT2D eigenvalue weighted by molar-refractivity contribution is -0.654. The zero-order chi connectivity index (χ0) is 19.6. The molecule has 0 saturated heterocycles. The second-order valence-electron chi connectivity index (χ2n) is 6.21. The number of rotatable bonds is 6. The number of nitrogens with two attached hydrogens (primary N) is 1. The van der Waals surface area contributed by atoms with Gasteiger partial charge in [0, 0.05) is 6.07 Å². The summed E-state index contributed by atoms with van der Waals surface area (Å²) in [4.78, 5) is 21.0. The number of carbonyl (C=O) groups excluding carboxylic acids is 1. The van der Waals surface area contributed by atoms with E-state index < -0.39 is 0 Å². The summed E-state index contributed by atoms with van der Waals surface area (Å²) in [5, 5.41) is 2.92. The number of aromatic nitrogens is 4. The van der Waals surface area contributed by atoms with Crippen LogP contribution in [0.4, 0.5) is 5.82 Å². The molecule has 0 atom stereocenters. The summed E-state index contributed by atoms with van der Waals surface area (Å²) in [7, 11) is 3.63. The minimum absolute atomic E-state index is 0. The molecular weight excluding hydrogens is 471 g/mol. The Morgan fingerprint density at radius 3 is 2.75 bits per heavy atom. The molecule has 1 aromatic carbocycles. The molecule has 2 aromatic heterocycles. The number of aryl methyl sites for hydroxylation is 3. The first-order valence-electron chi connectivity index (χ1n) is 8.94. The highest BCUT2D eigenvalue weighted by Crippen LogP contribution is 2.20. The van der Waals surface area contributed by atoms with E-state index in [-0.39, 0.29) is 41.4 Å². The van der Waals surface area contributed by atoms with Crippen LogP contribution in [0.2, 0.25) is 0 Å². The van der Waals surface area contributed by atoms with Gasteiger partial charge in [-0.05, 0) is 25.5 Å². The Bertz CT molecular complexity index is 1000. The van der Waals surface area contributed by atoms with Crippen LogP contribution >= 0.6 is 0 Å². The topological polar surface area (TPSA) is 98.9 Å². The molecule has 3 aromatic rings. The number of anilines is 1. The zero-order valence-electron chi connectivity index (χ0n) is 16.5. The van der Waals surface area contributed by atoms with Gasteiger partial charge in [0.2, 0.25) is 0 Å². The maximum absolute atomic E-state index is 12.6. The van der Waals surface area contributed by atoms with Gasteiger partial charge in [0.25, 0.3) is 11.7 Å². The molecule has 0 aliphatic carbocycles. The van der Waals surface area contributed by atoms with E-state index in [1.54, 1.807) is 13.3 Å². The normalized spacial score (nSPS) is 10.6. The average Bonchev–Trinajstić information content (AvgIpc) is 2.96. The van der Waals surface area contributed by atoms with Crippen LogP contribution in [0.1, 0.15) is 35.9 Å². The van der Waals surface area contributed by atoms with Gasteiger partial charge in [0.05, 0.1) is 32.6 Å². The largest absolute Gasteiger partial charge is 1.00 e. The number of methoxy groups -OCH3 is 1. The highest BCUT2D eigenvalue weighted by molar-refractivity contribution is 5.96. The fourth-order valence-electron chi connectivity index (χ4n) is 3.17. The van der Waals surface area contributed by atoms with Gasteiger partial charge >= 0.3 is 0 Å². The van der Waals surface area contributed by atoms with Crippen molar-refractivity contribution in [2.24, 2.45) is 7.05 Å². The van der Waals surface area contributed by atoms with Crippen LogP contribution in [0, 0.1) is 0 Å². The number of fused-ring (bicyclic) bond motifs is 1. The molecule has 0 fully saturated rings. The molecule has 9 heteroatoms. The first kappa shape index (κ1) is 21.9. The van der Waals surface area contributed by atoms with Gasteiger partial charge in [-0.2, -0.15) is 0 Å². The molecule has 3 rings (SSSR count). The minimum Gasteiger partial charge on any atom is -1.00 e. The number of halogens is 1. The van der Waals surface area contributed by atoms with Crippen LogP contribution in [0.15, 0.2) is 24.4 Å². The molecule has 0 spiro atoms. The van der Waals surface area contributed by atoms with Crippen molar-refractivity contribution >= 4 is 22.8 Å². The third-order valence-corrected chi connectivity index (χ3v) is 4.68. The van der Waals surface area contributed by atoms with Crippen LogP contribution in [-0.2, 0) is 26.6 Å². The Morgan fingerprint density at radius 2 is 2.11 bits per heavy atom. The van der Waals surface area contributed by atoms with Crippen molar-refractivity contribution in [1.82, 2.24) is 19.9 Å². The van der Waals surface area contributed by atoms with Gasteiger partial charge in [-0.15, -0.1) is 0 Å². The number of nitrogens with zero attached hydrogens (tertiary/aromatic N) is 4. The fourth-order valence-corrected chi connectivity index (χ4v) is 3.17. The minimum atomic E-state index is -0.333. The summed E-state index contributed by atoms with van der Waals surface area (Å²) < 4.78 is 9.55. The van der Waals surface area contributed by atoms with E-state index in [0.717, 1.165) is 34.8 Å². The van der Waals surface area contributed by atoms with E-state index in [4.69, 9.17) is 10.5 Å². The quantitative estimate of drug-likeness (QED) is 0.315. The Morgan fingerprint density at radius 1 is 1.36 bits per heavy atom.